The summed E-state index contributed by atoms with van der Waals surface area (Å²) in [7, 11) is 0. The Morgan fingerprint density at radius 3 is 1.79 bits per heavy atom. The topological polar surface area (TPSA) is 26.0 Å². The molecular weight excluding hydrogens is 230 g/mol. The predicted octanol–water partition coefficient (Wildman–Crippen LogP) is 5.80. The van der Waals surface area contributed by atoms with Crippen LogP contribution in [0.25, 0.3) is 0 Å². The van der Waals surface area contributed by atoms with E-state index in [1.807, 2.05) is 0 Å². The SMILES string of the molecule is [CH2]C(N)CCCCC/C=C/CCCCCCCCC. The van der Waals surface area contributed by atoms with E-state index in [0.29, 0.717) is 0 Å². The van der Waals surface area contributed by atoms with Gasteiger partial charge in [0.2, 0.25) is 0 Å². The second-order valence-electron chi connectivity index (χ2n) is 5.78. The standard InChI is InChI=1S/C18H36N/c1-3-4-5-6-7-8-9-10-11-12-13-14-15-16-17-18(2)19/h11-12,18H,2-10,13-17,19H2,1H3/b12-11+. The molecule has 1 unspecified atom stereocenters. The molecule has 0 saturated heterocycles. The van der Waals surface area contributed by atoms with Gasteiger partial charge < -0.3 is 5.73 Å². The number of hydrogen-bond donors (Lipinski definition) is 1. The van der Waals surface area contributed by atoms with Crippen molar-refractivity contribution in [2.24, 2.45) is 5.73 Å². The summed E-state index contributed by atoms with van der Waals surface area (Å²) in [5, 5.41) is 0. The molecule has 1 radical (unpaired) electrons. The van der Waals surface area contributed by atoms with Crippen LogP contribution in [0.5, 0.6) is 0 Å². The number of hydrogen-bond acceptors (Lipinski definition) is 1. The van der Waals surface area contributed by atoms with Gasteiger partial charge in [-0.3, -0.25) is 0 Å². The zero-order valence-electron chi connectivity index (χ0n) is 13.2. The third-order valence-corrected chi connectivity index (χ3v) is 3.59. The van der Waals surface area contributed by atoms with Gasteiger partial charge in [-0.25, -0.2) is 0 Å². The fourth-order valence-corrected chi connectivity index (χ4v) is 2.30. The van der Waals surface area contributed by atoms with Gasteiger partial charge in [-0.15, -0.1) is 0 Å². The third kappa shape index (κ3) is 17.7. The van der Waals surface area contributed by atoms with Crippen molar-refractivity contribution in [3.63, 3.8) is 0 Å². The Hall–Kier alpha value is -0.300. The maximum atomic E-state index is 5.61. The molecule has 0 heterocycles. The van der Waals surface area contributed by atoms with Crippen molar-refractivity contribution in [2.75, 3.05) is 0 Å². The molecule has 1 heteroatoms. The maximum Gasteiger partial charge on any atom is 0.00394 e. The average Bonchev–Trinajstić information content (AvgIpc) is 2.39. The van der Waals surface area contributed by atoms with Gasteiger partial charge in [0.1, 0.15) is 0 Å². The number of rotatable bonds is 14. The monoisotopic (exact) mass is 266 g/mol. The molecule has 0 aliphatic carbocycles. The smallest absolute Gasteiger partial charge is 0.00394 e. The van der Waals surface area contributed by atoms with Crippen LogP contribution in [0.15, 0.2) is 12.2 Å². The molecule has 0 saturated carbocycles. The van der Waals surface area contributed by atoms with Crippen molar-refractivity contribution < 1.29 is 0 Å². The van der Waals surface area contributed by atoms with Crippen LogP contribution >= 0.6 is 0 Å². The molecule has 0 bridgehead atoms. The van der Waals surface area contributed by atoms with Crippen molar-refractivity contribution in [3.8, 4) is 0 Å². The minimum Gasteiger partial charge on any atom is -0.328 e. The Morgan fingerprint density at radius 1 is 0.789 bits per heavy atom. The molecule has 0 aromatic heterocycles. The van der Waals surface area contributed by atoms with Crippen molar-refractivity contribution in [2.45, 2.75) is 96.4 Å². The molecule has 0 aromatic carbocycles. The summed E-state index contributed by atoms with van der Waals surface area (Å²) in [6.45, 7) is 6.08. The van der Waals surface area contributed by atoms with Crippen molar-refractivity contribution >= 4 is 0 Å². The van der Waals surface area contributed by atoms with E-state index < -0.39 is 0 Å². The molecule has 0 aliphatic rings. The average molecular weight is 266 g/mol. The Kier molecular flexibility index (Phi) is 15.5. The van der Waals surface area contributed by atoms with Crippen LogP contribution in [0.3, 0.4) is 0 Å². The Labute approximate surface area is 122 Å². The molecule has 1 nitrogen and oxygen atoms in total. The highest BCUT2D eigenvalue weighted by molar-refractivity contribution is 4.81. The van der Waals surface area contributed by atoms with E-state index in [0.717, 1.165) is 6.42 Å². The normalized spacial score (nSPS) is 13.2. The van der Waals surface area contributed by atoms with Gasteiger partial charge in [-0.1, -0.05) is 70.4 Å². The number of nitrogens with two attached hydrogens (primary N) is 1. The van der Waals surface area contributed by atoms with E-state index >= 15 is 0 Å². The van der Waals surface area contributed by atoms with Crippen LogP contribution in [0.4, 0.5) is 0 Å². The van der Waals surface area contributed by atoms with Crippen LogP contribution in [0.2, 0.25) is 0 Å². The minimum atomic E-state index is 0.132. The lowest BCUT2D eigenvalue weighted by atomic mass is 10.1. The van der Waals surface area contributed by atoms with Crippen LogP contribution in [0, 0.1) is 6.92 Å². The summed E-state index contributed by atoms with van der Waals surface area (Å²) >= 11 is 0. The first kappa shape index (κ1) is 18.7. The summed E-state index contributed by atoms with van der Waals surface area (Å²) in [4.78, 5) is 0. The highest BCUT2D eigenvalue weighted by Crippen LogP contribution is 2.09. The largest absolute Gasteiger partial charge is 0.328 e. The van der Waals surface area contributed by atoms with Gasteiger partial charge in [-0.05, 0) is 39.0 Å². The first-order chi connectivity index (χ1) is 9.27. The lowest BCUT2D eigenvalue weighted by Gasteiger charge is -2.02. The zero-order valence-corrected chi connectivity index (χ0v) is 13.2. The minimum absolute atomic E-state index is 0.132. The summed E-state index contributed by atoms with van der Waals surface area (Å²) in [5.41, 5.74) is 5.61. The molecule has 2 N–H and O–H groups in total. The molecule has 0 aliphatic heterocycles. The molecule has 0 aromatic rings. The van der Waals surface area contributed by atoms with Crippen molar-refractivity contribution in [1.29, 1.82) is 0 Å². The van der Waals surface area contributed by atoms with Gasteiger partial charge in [0.25, 0.3) is 0 Å². The first-order valence-corrected chi connectivity index (χ1v) is 8.51. The fraction of sp³-hybridized carbons (Fsp3) is 0.833. The third-order valence-electron chi connectivity index (χ3n) is 3.59. The lowest BCUT2D eigenvalue weighted by molar-refractivity contribution is 0.591. The van der Waals surface area contributed by atoms with Gasteiger partial charge in [0.15, 0.2) is 0 Å². The van der Waals surface area contributed by atoms with Crippen molar-refractivity contribution in [1.82, 2.24) is 0 Å². The molecule has 0 fully saturated rings. The van der Waals surface area contributed by atoms with Gasteiger partial charge in [0.05, 0.1) is 0 Å². The molecule has 113 valence electrons. The Balaban J connectivity index is 3.05. The van der Waals surface area contributed by atoms with Crippen LogP contribution in [0.1, 0.15) is 90.4 Å². The summed E-state index contributed by atoms with van der Waals surface area (Å²) < 4.78 is 0. The van der Waals surface area contributed by atoms with E-state index in [2.05, 4.69) is 26.0 Å². The van der Waals surface area contributed by atoms with E-state index in [4.69, 9.17) is 5.73 Å². The van der Waals surface area contributed by atoms with Crippen LogP contribution in [-0.2, 0) is 0 Å². The molecule has 19 heavy (non-hydrogen) atoms. The number of unbranched alkanes of at least 4 members (excludes halogenated alkanes) is 10. The van der Waals surface area contributed by atoms with E-state index in [1.54, 1.807) is 0 Å². The van der Waals surface area contributed by atoms with Crippen LogP contribution in [-0.4, -0.2) is 6.04 Å². The molecule has 0 amide bonds. The Morgan fingerprint density at radius 2 is 1.26 bits per heavy atom. The van der Waals surface area contributed by atoms with Gasteiger partial charge in [0, 0.05) is 6.04 Å². The maximum absolute atomic E-state index is 5.61. The highest BCUT2D eigenvalue weighted by Gasteiger charge is 1.93. The molecule has 0 spiro atoms. The van der Waals surface area contributed by atoms with E-state index in [9.17, 15) is 0 Å². The van der Waals surface area contributed by atoms with E-state index in [-0.39, 0.29) is 6.04 Å². The second kappa shape index (κ2) is 15.8. The lowest BCUT2D eigenvalue weighted by Crippen LogP contribution is -2.14. The highest BCUT2D eigenvalue weighted by atomic mass is 14.6. The Bertz CT molecular complexity index is 184. The fourth-order valence-electron chi connectivity index (χ4n) is 2.30. The predicted molar refractivity (Wildman–Crippen MR) is 88.2 cm³/mol. The quantitative estimate of drug-likeness (QED) is 0.312. The van der Waals surface area contributed by atoms with Crippen LogP contribution < -0.4 is 5.73 Å². The molecule has 1 atom stereocenters. The van der Waals surface area contributed by atoms with Gasteiger partial charge >= 0.3 is 0 Å². The second-order valence-corrected chi connectivity index (χ2v) is 5.78. The first-order valence-electron chi connectivity index (χ1n) is 8.51. The number of allylic oxidation sites excluding steroid dienone is 2. The summed E-state index contributed by atoms with van der Waals surface area (Å²) in [6, 6.07) is 0.132. The summed E-state index contributed by atoms with van der Waals surface area (Å²) in [6.07, 6.45) is 22.0. The summed E-state index contributed by atoms with van der Waals surface area (Å²) in [5.74, 6) is 0. The molecular formula is C18H36N. The van der Waals surface area contributed by atoms with E-state index in [1.165, 1.54) is 77.0 Å². The van der Waals surface area contributed by atoms with Gasteiger partial charge in [-0.2, -0.15) is 0 Å². The molecule has 0 rings (SSSR count). The zero-order chi connectivity index (χ0) is 14.2. The van der Waals surface area contributed by atoms with Crippen molar-refractivity contribution in [3.05, 3.63) is 19.1 Å².